The van der Waals surface area contributed by atoms with E-state index in [0.29, 0.717) is 0 Å². The lowest BCUT2D eigenvalue weighted by Crippen LogP contribution is -2.59. The van der Waals surface area contributed by atoms with E-state index in [-0.39, 0.29) is 23.3 Å². The molecule has 1 aliphatic rings. The predicted molar refractivity (Wildman–Crippen MR) is 115 cm³/mol. The maximum Gasteiger partial charge on any atom is 0.416 e. The number of alkyl halides is 3. The number of fused-ring (bicyclic) bond motifs is 1. The van der Waals surface area contributed by atoms with Crippen LogP contribution in [0.15, 0.2) is 42.7 Å². The highest BCUT2D eigenvalue weighted by atomic mass is 19.4. The number of aliphatic hydroxyl groups is 4. The summed E-state index contributed by atoms with van der Waals surface area (Å²) in [5.41, 5.74) is 1.14. The molecule has 0 bridgehead atoms. The van der Waals surface area contributed by atoms with Gasteiger partial charge in [-0.1, -0.05) is 31.2 Å². The summed E-state index contributed by atoms with van der Waals surface area (Å²) in [5.74, 6) is -0.365. The van der Waals surface area contributed by atoms with Crippen molar-refractivity contribution in [2.24, 2.45) is 0 Å². The summed E-state index contributed by atoms with van der Waals surface area (Å²) in [6.45, 7) is 1.61. The van der Waals surface area contributed by atoms with Crippen LogP contribution < -0.4 is 4.89 Å². The van der Waals surface area contributed by atoms with Crippen LogP contribution in [0.5, 0.6) is 5.75 Å². The highest BCUT2D eigenvalue weighted by molar-refractivity contribution is 5.83. The normalized spacial score (nSPS) is 25.2. The molecule has 3 aromatic rings. The molecule has 0 unspecified atom stereocenters. The Morgan fingerprint density at radius 3 is 2.37 bits per heavy atom. The first-order valence-electron chi connectivity index (χ1n) is 10.9. The van der Waals surface area contributed by atoms with Gasteiger partial charge in [0.05, 0.1) is 24.0 Å². The van der Waals surface area contributed by atoms with Crippen LogP contribution in [0.2, 0.25) is 0 Å². The van der Waals surface area contributed by atoms with Gasteiger partial charge in [-0.3, -0.25) is 0 Å². The molecule has 0 aliphatic carbocycles. The number of nitrogens with zero attached hydrogens (tertiary/aromatic N) is 2. The fraction of sp³-hybridized carbons (Fsp3) is 0.435. The van der Waals surface area contributed by atoms with Gasteiger partial charge in [-0.2, -0.15) is 18.1 Å². The van der Waals surface area contributed by atoms with Gasteiger partial charge in [-0.25, -0.2) is 4.98 Å². The summed E-state index contributed by atoms with van der Waals surface area (Å²) in [5, 5.41) is 39.5. The maximum absolute atomic E-state index is 13.5. The molecule has 0 radical (unpaired) electrons. The molecule has 35 heavy (non-hydrogen) atoms. The number of aliphatic hydroxyl groups excluding tert-OH is 4. The molecule has 1 aromatic heterocycles. The molecular weight excluding hydrogens is 473 g/mol. The molecule has 0 saturated carbocycles. The SMILES string of the molecule is CCc1ccc(Cn2cnc3cc(C(F)(F)F)cc(OO[C@@H]4[C@@H](O)[C@H](O)[C@@H](CO)O[C@H]4O)c32)cc1. The molecule has 0 spiro atoms. The third-order valence-electron chi connectivity index (χ3n) is 5.88. The highest BCUT2D eigenvalue weighted by Crippen LogP contribution is 2.37. The molecule has 5 atom stereocenters. The minimum Gasteiger partial charge on any atom is -0.394 e. The van der Waals surface area contributed by atoms with Crippen LogP contribution in [-0.4, -0.2) is 67.3 Å². The van der Waals surface area contributed by atoms with Gasteiger partial charge in [0, 0.05) is 6.54 Å². The summed E-state index contributed by atoms with van der Waals surface area (Å²) >= 11 is 0. The van der Waals surface area contributed by atoms with E-state index in [9.17, 15) is 33.6 Å². The Labute approximate surface area is 197 Å². The Balaban J connectivity index is 1.66. The van der Waals surface area contributed by atoms with Crippen LogP contribution in [0.25, 0.3) is 11.0 Å². The van der Waals surface area contributed by atoms with Crippen LogP contribution in [0, 0.1) is 0 Å². The Hall–Kier alpha value is -2.74. The third-order valence-corrected chi connectivity index (χ3v) is 5.88. The lowest BCUT2D eigenvalue weighted by molar-refractivity contribution is -0.364. The number of benzene rings is 2. The topological polar surface area (TPSA) is 126 Å². The van der Waals surface area contributed by atoms with Gasteiger partial charge in [0.25, 0.3) is 0 Å². The fourth-order valence-electron chi connectivity index (χ4n) is 3.88. The van der Waals surface area contributed by atoms with Crippen molar-refractivity contribution < 1.29 is 48.1 Å². The monoisotopic (exact) mass is 498 g/mol. The zero-order chi connectivity index (χ0) is 25.3. The van der Waals surface area contributed by atoms with Crippen LogP contribution in [0.1, 0.15) is 23.6 Å². The van der Waals surface area contributed by atoms with Crippen LogP contribution in [0.4, 0.5) is 13.2 Å². The summed E-state index contributed by atoms with van der Waals surface area (Å²) in [4.78, 5) is 14.3. The van der Waals surface area contributed by atoms with Crippen LogP contribution in [-0.2, 0) is 28.8 Å². The Bertz CT molecular complexity index is 1150. The Kier molecular flexibility index (Phi) is 7.31. The number of rotatable bonds is 7. The Morgan fingerprint density at radius 2 is 1.74 bits per heavy atom. The van der Waals surface area contributed by atoms with Crippen molar-refractivity contribution in [1.82, 2.24) is 9.55 Å². The van der Waals surface area contributed by atoms with E-state index in [1.165, 1.54) is 6.33 Å². The van der Waals surface area contributed by atoms with Crippen molar-refractivity contribution in [2.75, 3.05) is 6.61 Å². The Morgan fingerprint density at radius 1 is 1.06 bits per heavy atom. The lowest BCUT2D eigenvalue weighted by atomic mass is 9.99. The second-order valence-electron chi connectivity index (χ2n) is 8.26. The number of halogens is 3. The first-order chi connectivity index (χ1) is 16.6. The van der Waals surface area contributed by atoms with Gasteiger partial charge >= 0.3 is 6.18 Å². The van der Waals surface area contributed by atoms with Gasteiger partial charge in [-0.15, -0.1) is 0 Å². The average molecular weight is 498 g/mol. The molecule has 2 heterocycles. The molecule has 1 saturated heterocycles. The molecule has 0 amide bonds. The molecular formula is C23H25F3N2O7. The first kappa shape index (κ1) is 25.4. The summed E-state index contributed by atoms with van der Waals surface area (Å²) in [6, 6.07) is 9.30. The van der Waals surface area contributed by atoms with Crippen molar-refractivity contribution in [3.8, 4) is 5.75 Å². The molecule has 2 aromatic carbocycles. The minimum absolute atomic E-state index is 0.00928. The molecule has 1 aliphatic heterocycles. The van der Waals surface area contributed by atoms with Crippen molar-refractivity contribution >= 4 is 11.0 Å². The molecule has 1 fully saturated rings. The second-order valence-corrected chi connectivity index (χ2v) is 8.26. The zero-order valence-corrected chi connectivity index (χ0v) is 18.6. The highest BCUT2D eigenvalue weighted by Gasteiger charge is 2.46. The first-order valence-corrected chi connectivity index (χ1v) is 10.9. The van der Waals surface area contributed by atoms with E-state index in [2.05, 4.69) is 4.98 Å². The number of hydrogen-bond acceptors (Lipinski definition) is 8. The van der Waals surface area contributed by atoms with Gasteiger partial charge in [0.1, 0.15) is 23.8 Å². The fourth-order valence-corrected chi connectivity index (χ4v) is 3.88. The van der Waals surface area contributed by atoms with Gasteiger partial charge < -0.3 is 34.6 Å². The molecule has 190 valence electrons. The van der Waals surface area contributed by atoms with E-state index in [1.807, 2.05) is 31.2 Å². The van der Waals surface area contributed by atoms with E-state index in [4.69, 9.17) is 14.5 Å². The van der Waals surface area contributed by atoms with Gasteiger partial charge in [0.15, 0.2) is 18.1 Å². The molecule has 9 nitrogen and oxygen atoms in total. The second kappa shape index (κ2) is 10.1. The number of imidazole rings is 1. The third kappa shape index (κ3) is 5.27. The quantitative estimate of drug-likeness (QED) is 0.287. The number of aromatic nitrogens is 2. The number of hydrogen-bond donors (Lipinski definition) is 4. The summed E-state index contributed by atoms with van der Waals surface area (Å²) < 4.78 is 47.0. The van der Waals surface area contributed by atoms with Crippen molar-refractivity contribution in [1.29, 1.82) is 0 Å². The lowest BCUT2D eigenvalue weighted by Gasteiger charge is -2.38. The smallest absolute Gasteiger partial charge is 0.394 e. The van der Waals surface area contributed by atoms with Crippen molar-refractivity contribution in [3.05, 3.63) is 59.4 Å². The maximum atomic E-state index is 13.5. The van der Waals surface area contributed by atoms with Gasteiger partial charge in [-0.05, 0) is 29.7 Å². The van der Waals surface area contributed by atoms with E-state index in [0.717, 1.165) is 29.7 Å². The van der Waals surface area contributed by atoms with Crippen LogP contribution in [0.3, 0.4) is 0 Å². The molecule has 12 heteroatoms. The van der Waals surface area contributed by atoms with E-state index in [1.54, 1.807) is 4.57 Å². The standard InChI is InChI=1S/C23H25F3N2O7/c1-2-12-3-5-13(6-4-12)9-28-11-27-15-7-14(23(24,25)26)8-16(18(15)28)34-35-21-20(31)19(30)17(10-29)33-22(21)32/h3-8,11,17,19-22,29-32H,2,9-10H2,1H3/t17-,19-,20+,21-,22-/m1/s1. The number of ether oxygens (including phenoxy) is 1. The van der Waals surface area contributed by atoms with Crippen LogP contribution >= 0.6 is 0 Å². The largest absolute Gasteiger partial charge is 0.416 e. The predicted octanol–water partition coefficient (Wildman–Crippen LogP) is 1.78. The molecule has 4 N–H and O–H groups in total. The summed E-state index contributed by atoms with van der Waals surface area (Å²) in [7, 11) is 0. The van der Waals surface area contributed by atoms with Crippen molar-refractivity contribution in [2.45, 2.75) is 56.8 Å². The van der Waals surface area contributed by atoms with Gasteiger partial charge in [0.2, 0.25) is 0 Å². The average Bonchev–Trinajstić information content (AvgIpc) is 3.24. The zero-order valence-electron chi connectivity index (χ0n) is 18.6. The summed E-state index contributed by atoms with van der Waals surface area (Å²) in [6.07, 6.45) is -10.6. The van der Waals surface area contributed by atoms with E-state index >= 15 is 0 Å². The van der Waals surface area contributed by atoms with E-state index < -0.39 is 49.1 Å². The minimum atomic E-state index is -4.70. The molecule has 4 rings (SSSR count). The van der Waals surface area contributed by atoms with Crippen molar-refractivity contribution in [3.63, 3.8) is 0 Å². The number of aryl methyl sites for hydroxylation is 1.